The van der Waals surface area contributed by atoms with E-state index in [1.807, 2.05) is 34.9 Å². The molecule has 0 bridgehead atoms. The first kappa shape index (κ1) is 14.2. The van der Waals surface area contributed by atoms with Crippen molar-refractivity contribution in [2.24, 2.45) is 0 Å². The zero-order valence-electron chi connectivity index (χ0n) is 8.11. The van der Waals surface area contributed by atoms with Crippen LogP contribution in [0.25, 0.3) is 0 Å². The summed E-state index contributed by atoms with van der Waals surface area (Å²) in [5.41, 5.74) is 0. The molecule has 0 radical (unpaired) electrons. The molecule has 16 heavy (non-hydrogen) atoms. The van der Waals surface area contributed by atoms with E-state index in [1.165, 1.54) is 0 Å². The second-order valence-corrected chi connectivity index (χ2v) is 6.52. The van der Waals surface area contributed by atoms with Crippen LogP contribution in [-0.4, -0.2) is 10.3 Å². The van der Waals surface area contributed by atoms with Crippen LogP contribution >= 0.6 is 38.2 Å². The lowest BCUT2D eigenvalue weighted by Gasteiger charge is -2.26. The van der Waals surface area contributed by atoms with Gasteiger partial charge in [-0.05, 0) is 23.7 Å². The van der Waals surface area contributed by atoms with Crippen molar-refractivity contribution in [2.45, 2.75) is 0 Å². The number of carbonyl (C=O) groups is 1. The van der Waals surface area contributed by atoms with Gasteiger partial charge in [-0.2, -0.15) is 0 Å². The van der Waals surface area contributed by atoms with Crippen LogP contribution in [0.5, 0.6) is 5.75 Å². The lowest BCUT2D eigenvalue weighted by molar-refractivity contribution is 0.146. The number of hydrogen-bond donors (Lipinski definition) is 2. The fourth-order valence-corrected chi connectivity index (χ4v) is 4.45. The first-order valence-electron chi connectivity index (χ1n) is 4.20. The standard InChI is InChI=1S/C6H10N3OP3.CHClO/c1-2-4-6(5-3-1)10-9-12-7-11-8-13-9;2-1-3/h1-5,7-8,11-13H;1H. The minimum atomic E-state index is 0.222. The van der Waals surface area contributed by atoms with E-state index in [0.29, 0.717) is 26.6 Å². The summed E-state index contributed by atoms with van der Waals surface area (Å²) in [6, 6.07) is 9.81. The van der Waals surface area contributed by atoms with Gasteiger partial charge < -0.3 is 4.84 Å². The van der Waals surface area contributed by atoms with Crippen LogP contribution in [0.4, 0.5) is 0 Å². The van der Waals surface area contributed by atoms with E-state index in [9.17, 15) is 0 Å². The molecule has 1 saturated heterocycles. The maximum absolute atomic E-state index is 8.57. The molecular formula is C7H11ClN3O2P3. The molecule has 9 heteroatoms. The predicted octanol–water partition coefficient (Wildman–Crippen LogP) is 2.42. The second-order valence-electron chi connectivity index (χ2n) is 2.39. The number of carbonyl (C=O) groups excluding carboxylic acids is 1. The SMILES string of the molecule is O=CCl.c1ccc(ON2PNPNP2)cc1. The Morgan fingerprint density at radius 1 is 1.25 bits per heavy atom. The van der Waals surface area contributed by atoms with Crippen molar-refractivity contribution in [1.82, 2.24) is 14.3 Å². The van der Waals surface area contributed by atoms with E-state index in [4.69, 9.17) is 9.63 Å². The number of nitrogens with one attached hydrogen (secondary N) is 2. The van der Waals surface area contributed by atoms with Gasteiger partial charge in [-0.3, -0.25) is 14.5 Å². The molecule has 1 aliphatic heterocycles. The third-order valence-corrected chi connectivity index (χ3v) is 4.53. The van der Waals surface area contributed by atoms with Crippen molar-refractivity contribution in [3.05, 3.63) is 30.3 Å². The van der Waals surface area contributed by atoms with Crippen LogP contribution in [0.3, 0.4) is 0 Å². The van der Waals surface area contributed by atoms with E-state index >= 15 is 0 Å². The zero-order valence-corrected chi connectivity index (χ0v) is 11.9. The Morgan fingerprint density at radius 2 is 1.81 bits per heavy atom. The largest absolute Gasteiger partial charge is 0.397 e. The van der Waals surface area contributed by atoms with Crippen LogP contribution in [0, 0.1) is 0 Å². The Hall–Kier alpha value is 0.150. The first-order chi connectivity index (χ1) is 7.86. The summed E-state index contributed by atoms with van der Waals surface area (Å²) >= 11 is 4.32. The third-order valence-electron chi connectivity index (χ3n) is 1.38. The highest BCUT2D eigenvalue weighted by atomic mass is 35.5. The Balaban J connectivity index is 0.000000386. The minimum Gasteiger partial charge on any atom is -0.397 e. The molecule has 88 valence electrons. The molecule has 1 fully saturated rings. The van der Waals surface area contributed by atoms with Gasteiger partial charge in [-0.1, -0.05) is 22.8 Å². The Kier molecular flexibility index (Phi) is 8.18. The first-order valence-corrected chi connectivity index (χ1v) is 7.53. The second kappa shape index (κ2) is 9.21. The molecule has 1 heterocycles. The zero-order chi connectivity index (χ0) is 11.6. The quantitative estimate of drug-likeness (QED) is 0.499. The molecule has 1 aromatic carbocycles. The molecule has 0 saturated carbocycles. The van der Waals surface area contributed by atoms with Crippen LogP contribution in [-0.2, 0) is 4.79 Å². The number of hydrogen-bond acceptors (Lipinski definition) is 5. The molecule has 0 amide bonds. The summed E-state index contributed by atoms with van der Waals surface area (Å²) in [5.74, 6) is 1.11. The molecule has 0 aliphatic carbocycles. The summed E-state index contributed by atoms with van der Waals surface area (Å²) in [6.45, 7) is 0. The van der Waals surface area contributed by atoms with Gasteiger partial charge in [0.25, 0.3) is 0 Å². The molecule has 5 nitrogen and oxygen atoms in total. The molecule has 0 aromatic heterocycles. The summed E-state index contributed by atoms with van der Waals surface area (Å²) in [7, 11) is 1.73. The molecular weight excluding hydrogens is 286 g/mol. The van der Waals surface area contributed by atoms with E-state index in [1.54, 1.807) is 0 Å². The van der Waals surface area contributed by atoms with Crippen LogP contribution < -0.4 is 14.6 Å². The predicted molar refractivity (Wildman–Crippen MR) is 72.7 cm³/mol. The summed E-state index contributed by atoms with van der Waals surface area (Å²) in [6.07, 6.45) is 0. The van der Waals surface area contributed by atoms with E-state index < -0.39 is 0 Å². The monoisotopic (exact) mass is 297 g/mol. The van der Waals surface area contributed by atoms with Crippen molar-refractivity contribution in [1.29, 1.82) is 0 Å². The highest BCUT2D eigenvalue weighted by Gasteiger charge is 2.10. The summed E-state index contributed by atoms with van der Waals surface area (Å²) in [4.78, 5) is 20.6. The lowest BCUT2D eigenvalue weighted by atomic mass is 10.3. The third kappa shape index (κ3) is 6.03. The molecule has 0 spiro atoms. The van der Waals surface area contributed by atoms with Crippen LogP contribution in [0.15, 0.2) is 30.3 Å². The van der Waals surface area contributed by atoms with Crippen LogP contribution in [0.1, 0.15) is 0 Å². The number of rotatable bonds is 2. The molecule has 2 unspecified atom stereocenters. The number of nitrogens with zero attached hydrogens (tertiary/aromatic N) is 1. The Morgan fingerprint density at radius 3 is 2.38 bits per heavy atom. The average molecular weight is 298 g/mol. The summed E-state index contributed by atoms with van der Waals surface area (Å²) in [5, 5.41) is 0. The number of benzene rings is 1. The van der Waals surface area contributed by atoms with Gasteiger partial charge in [0.2, 0.25) is 5.75 Å². The molecule has 1 aromatic rings. The molecule has 2 atom stereocenters. The van der Waals surface area contributed by atoms with Gasteiger partial charge in [0, 0.05) is 8.88 Å². The van der Waals surface area contributed by atoms with E-state index in [-0.39, 0.29) is 5.75 Å². The average Bonchev–Trinajstić information content (AvgIpc) is 2.33. The van der Waals surface area contributed by atoms with Gasteiger partial charge in [0.15, 0.2) is 0 Å². The van der Waals surface area contributed by atoms with Crippen molar-refractivity contribution in [2.75, 3.05) is 0 Å². The van der Waals surface area contributed by atoms with Crippen molar-refractivity contribution < 1.29 is 9.63 Å². The Bertz CT molecular complexity index is 300. The highest BCUT2D eigenvalue weighted by molar-refractivity contribution is 7.65. The van der Waals surface area contributed by atoms with Crippen molar-refractivity contribution in [3.63, 3.8) is 0 Å². The van der Waals surface area contributed by atoms with E-state index in [2.05, 4.69) is 21.3 Å². The molecule has 2 N–H and O–H groups in total. The highest BCUT2D eigenvalue weighted by Crippen LogP contribution is 2.37. The lowest BCUT2D eigenvalue weighted by Crippen LogP contribution is -2.19. The topological polar surface area (TPSA) is 53.6 Å². The number of halogens is 1. The van der Waals surface area contributed by atoms with Crippen molar-refractivity contribution in [3.8, 4) is 5.75 Å². The Labute approximate surface area is 104 Å². The normalized spacial score (nSPS) is 20.3. The maximum Gasteiger partial charge on any atom is 0.208 e. The fourth-order valence-electron chi connectivity index (χ4n) is 0.849. The van der Waals surface area contributed by atoms with Gasteiger partial charge in [-0.15, -0.1) is 0 Å². The maximum atomic E-state index is 8.57. The van der Waals surface area contributed by atoms with Gasteiger partial charge >= 0.3 is 0 Å². The minimum absolute atomic E-state index is 0.222. The van der Waals surface area contributed by atoms with Crippen LogP contribution in [0.2, 0.25) is 0 Å². The summed E-state index contributed by atoms with van der Waals surface area (Å²) < 4.78 is 1.89. The van der Waals surface area contributed by atoms with Gasteiger partial charge in [0.05, 0.1) is 17.8 Å². The smallest absolute Gasteiger partial charge is 0.208 e. The molecule has 1 aliphatic rings. The van der Waals surface area contributed by atoms with Gasteiger partial charge in [0.1, 0.15) is 5.75 Å². The van der Waals surface area contributed by atoms with Crippen molar-refractivity contribution >= 4 is 44.0 Å². The van der Waals surface area contributed by atoms with Gasteiger partial charge in [-0.25, -0.2) is 0 Å². The fraction of sp³-hybridized carbons (Fsp3) is 0. The number of para-hydroxylation sites is 1. The molecule has 2 rings (SSSR count). The van der Waals surface area contributed by atoms with E-state index in [0.717, 1.165) is 5.75 Å².